The van der Waals surface area contributed by atoms with Gasteiger partial charge in [0.05, 0.1) is 17.2 Å². The number of benzene rings is 2. The average Bonchev–Trinajstić information content (AvgIpc) is 3.40. The molecule has 178 valence electrons. The molecule has 0 saturated carbocycles. The third-order valence-electron chi connectivity index (χ3n) is 6.19. The molecule has 6 nitrogen and oxygen atoms in total. The molecule has 1 aliphatic rings. The number of methoxy groups -OCH3 is 1. The SMILES string of the molecule is COc1ccc(-c2cnc(CCC(=O)NC(Cc3cccc(Cl)c3Cl)C3CCNC3)nc2)cc1. The van der Waals surface area contributed by atoms with Gasteiger partial charge in [-0.25, -0.2) is 9.97 Å². The first kappa shape index (κ1) is 24.5. The molecule has 1 aromatic heterocycles. The minimum atomic E-state index is -0.0168. The number of nitrogens with zero attached hydrogens (tertiary/aromatic N) is 2. The van der Waals surface area contributed by atoms with Gasteiger partial charge in [0.2, 0.25) is 5.91 Å². The fourth-order valence-electron chi connectivity index (χ4n) is 4.22. The van der Waals surface area contributed by atoms with Crippen molar-refractivity contribution >= 4 is 29.1 Å². The number of aryl methyl sites for hydroxylation is 1. The Hall–Kier alpha value is -2.67. The number of ether oxygens (including phenoxy) is 1. The molecule has 0 spiro atoms. The number of aromatic nitrogens is 2. The Kier molecular flexibility index (Phi) is 8.38. The first-order valence-electron chi connectivity index (χ1n) is 11.4. The van der Waals surface area contributed by atoms with Crippen molar-refractivity contribution in [2.24, 2.45) is 5.92 Å². The lowest BCUT2D eigenvalue weighted by atomic mass is 9.92. The summed E-state index contributed by atoms with van der Waals surface area (Å²) in [5.41, 5.74) is 2.88. The van der Waals surface area contributed by atoms with E-state index >= 15 is 0 Å². The van der Waals surface area contributed by atoms with Crippen LogP contribution in [0.1, 0.15) is 24.2 Å². The topological polar surface area (TPSA) is 76.1 Å². The first-order valence-corrected chi connectivity index (χ1v) is 12.2. The van der Waals surface area contributed by atoms with Crippen LogP contribution in [0.15, 0.2) is 54.9 Å². The van der Waals surface area contributed by atoms with Crippen LogP contribution in [-0.4, -0.2) is 42.1 Å². The maximum absolute atomic E-state index is 12.8. The molecule has 2 atom stereocenters. The summed E-state index contributed by atoms with van der Waals surface area (Å²) >= 11 is 12.6. The highest BCUT2D eigenvalue weighted by Crippen LogP contribution is 2.28. The molecule has 3 aromatic rings. The van der Waals surface area contributed by atoms with E-state index in [0.717, 1.165) is 42.0 Å². The predicted octanol–water partition coefficient (Wildman–Crippen LogP) is 4.73. The number of rotatable bonds is 9. The van der Waals surface area contributed by atoms with Crippen LogP contribution in [0.4, 0.5) is 0 Å². The normalized spacial score (nSPS) is 16.3. The van der Waals surface area contributed by atoms with E-state index in [2.05, 4.69) is 20.6 Å². The second-order valence-corrected chi connectivity index (χ2v) is 9.25. The van der Waals surface area contributed by atoms with E-state index in [0.29, 0.717) is 41.1 Å². The van der Waals surface area contributed by atoms with Gasteiger partial charge in [-0.2, -0.15) is 0 Å². The van der Waals surface area contributed by atoms with E-state index < -0.39 is 0 Å². The molecule has 2 unspecified atom stereocenters. The van der Waals surface area contributed by atoms with Gasteiger partial charge in [-0.3, -0.25) is 4.79 Å². The zero-order valence-corrected chi connectivity index (χ0v) is 20.6. The quantitative estimate of drug-likeness (QED) is 0.445. The number of carbonyl (C=O) groups excluding carboxylic acids is 1. The molecule has 0 bridgehead atoms. The molecule has 1 fully saturated rings. The van der Waals surface area contributed by atoms with Crippen molar-refractivity contribution in [2.75, 3.05) is 20.2 Å². The number of nitrogens with one attached hydrogen (secondary N) is 2. The predicted molar refractivity (Wildman–Crippen MR) is 135 cm³/mol. The van der Waals surface area contributed by atoms with Crippen molar-refractivity contribution in [3.05, 3.63) is 76.3 Å². The summed E-state index contributed by atoms with van der Waals surface area (Å²) in [6.07, 6.45) is 6.03. The highest BCUT2D eigenvalue weighted by Gasteiger charge is 2.27. The van der Waals surface area contributed by atoms with Gasteiger partial charge in [-0.15, -0.1) is 0 Å². The lowest BCUT2D eigenvalue weighted by molar-refractivity contribution is -0.122. The number of halogens is 2. The van der Waals surface area contributed by atoms with Crippen LogP contribution in [0, 0.1) is 5.92 Å². The molecular formula is C26H28Cl2N4O2. The average molecular weight is 499 g/mol. The van der Waals surface area contributed by atoms with Crippen molar-refractivity contribution in [2.45, 2.75) is 31.7 Å². The van der Waals surface area contributed by atoms with E-state index in [1.807, 2.05) is 36.4 Å². The Morgan fingerprint density at radius 2 is 1.91 bits per heavy atom. The summed E-state index contributed by atoms with van der Waals surface area (Å²) in [7, 11) is 1.64. The largest absolute Gasteiger partial charge is 0.497 e. The van der Waals surface area contributed by atoms with E-state index in [4.69, 9.17) is 27.9 Å². The van der Waals surface area contributed by atoms with E-state index in [9.17, 15) is 4.79 Å². The van der Waals surface area contributed by atoms with Gasteiger partial charge < -0.3 is 15.4 Å². The van der Waals surface area contributed by atoms with Crippen LogP contribution in [0.5, 0.6) is 5.75 Å². The van der Waals surface area contributed by atoms with Crippen LogP contribution in [0.25, 0.3) is 11.1 Å². The Bertz CT molecular complexity index is 1100. The van der Waals surface area contributed by atoms with Crippen molar-refractivity contribution < 1.29 is 9.53 Å². The van der Waals surface area contributed by atoms with Gasteiger partial charge in [-0.1, -0.05) is 47.5 Å². The molecule has 4 rings (SSSR count). The smallest absolute Gasteiger partial charge is 0.220 e. The summed E-state index contributed by atoms with van der Waals surface area (Å²) in [6, 6.07) is 13.4. The summed E-state index contributed by atoms with van der Waals surface area (Å²) in [4.78, 5) is 21.7. The number of hydrogen-bond donors (Lipinski definition) is 2. The van der Waals surface area contributed by atoms with Crippen LogP contribution >= 0.6 is 23.2 Å². The highest BCUT2D eigenvalue weighted by atomic mass is 35.5. The van der Waals surface area contributed by atoms with Crippen molar-refractivity contribution in [1.82, 2.24) is 20.6 Å². The lowest BCUT2D eigenvalue weighted by Crippen LogP contribution is -2.42. The van der Waals surface area contributed by atoms with Gasteiger partial charge in [0, 0.05) is 36.8 Å². The van der Waals surface area contributed by atoms with Gasteiger partial charge in [0.15, 0.2) is 0 Å². The Morgan fingerprint density at radius 3 is 2.59 bits per heavy atom. The summed E-state index contributed by atoms with van der Waals surface area (Å²) in [5.74, 6) is 1.78. The molecule has 1 aliphatic heterocycles. The Labute approximate surface area is 210 Å². The molecule has 0 radical (unpaired) electrons. The van der Waals surface area contributed by atoms with Crippen LogP contribution in [0.3, 0.4) is 0 Å². The fraction of sp³-hybridized carbons (Fsp3) is 0.346. The van der Waals surface area contributed by atoms with E-state index in [1.165, 1.54) is 0 Å². The van der Waals surface area contributed by atoms with Crippen molar-refractivity contribution in [3.8, 4) is 16.9 Å². The molecule has 2 N–H and O–H groups in total. The molecule has 1 saturated heterocycles. The van der Waals surface area contributed by atoms with E-state index in [1.54, 1.807) is 25.6 Å². The third-order valence-corrected chi connectivity index (χ3v) is 7.05. The van der Waals surface area contributed by atoms with Gasteiger partial charge in [0.25, 0.3) is 0 Å². The van der Waals surface area contributed by atoms with E-state index in [-0.39, 0.29) is 11.9 Å². The fourth-order valence-corrected chi connectivity index (χ4v) is 4.62. The second kappa shape index (κ2) is 11.6. The second-order valence-electron chi connectivity index (χ2n) is 8.46. The van der Waals surface area contributed by atoms with Crippen molar-refractivity contribution in [3.63, 3.8) is 0 Å². The van der Waals surface area contributed by atoms with Crippen LogP contribution in [0.2, 0.25) is 10.0 Å². The minimum absolute atomic E-state index is 0.0159. The summed E-state index contributed by atoms with van der Waals surface area (Å²) < 4.78 is 5.20. The maximum atomic E-state index is 12.8. The van der Waals surface area contributed by atoms with Crippen molar-refractivity contribution in [1.29, 1.82) is 0 Å². The molecule has 0 aliphatic carbocycles. The number of amides is 1. The minimum Gasteiger partial charge on any atom is -0.497 e. The molecular weight excluding hydrogens is 471 g/mol. The monoisotopic (exact) mass is 498 g/mol. The van der Waals surface area contributed by atoms with Gasteiger partial charge >= 0.3 is 0 Å². The maximum Gasteiger partial charge on any atom is 0.220 e. The molecule has 34 heavy (non-hydrogen) atoms. The highest BCUT2D eigenvalue weighted by molar-refractivity contribution is 6.42. The zero-order chi connectivity index (χ0) is 23.9. The van der Waals surface area contributed by atoms with Gasteiger partial charge in [-0.05, 0) is 61.2 Å². The third kappa shape index (κ3) is 6.26. The molecule has 8 heteroatoms. The summed E-state index contributed by atoms with van der Waals surface area (Å²) in [6.45, 7) is 1.83. The van der Waals surface area contributed by atoms with Crippen LogP contribution < -0.4 is 15.4 Å². The Morgan fingerprint density at radius 1 is 1.15 bits per heavy atom. The van der Waals surface area contributed by atoms with Crippen LogP contribution in [-0.2, 0) is 17.6 Å². The molecule has 1 amide bonds. The lowest BCUT2D eigenvalue weighted by Gasteiger charge is -2.25. The standard InChI is InChI=1S/C26H28Cl2N4O2/c1-34-21-7-5-17(6-8-21)20-15-30-24(31-16-20)9-10-25(33)32-23(19-11-12-29-14-19)13-18-3-2-4-22(27)26(18)28/h2-8,15-16,19,23,29H,9-14H2,1H3,(H,32,33). The summed E-state index contributed by atoms with van der Waals surface area (Å²) in [5, 5.41) is 7.69. The zero-order valence-electron chi connectivity index (χ0n) is 19.1. The Balaban J connectivity index is 1.35. The molecule has 2 aromatic carbocycles. The number of carbonyl (C=O) groups is 1. The number of hydrogen-bond acceptors (Lipinski definition) is 5. The van der Waals surface area contributed by atoms with Gasteiger partial charge in [0.1, 0.15) is 11.6 Å². The first-order chi connectivity index (χ1) is 16.5. The molecule has 2 heterocycles.